The normalized spacial score (nSPS) is 17.9. The van der Waals surface area contributed by atoms with E-state index in [0.29, 0.717) is 5.92 Å². The number of carboxylic acid groups (broad SMARTS) is 1. The lowest BCUT2D eigenvalue weighted by Crippen LogP contribution is -2.44. The molecule has 0 amide bonds. The third kappa shape index (κ3) is 3.29. The summed E-state index contributed by atoms with van der Waals surface area (Å²) in [5.74, 6) is -0.740. The minimum absolute atomic E-state index is 0.188. The van der Waals surface area contributed by atoms with Crippen LogP contribution < -0.4 is 0 Å². The Kier molecular flexibility index (Phi) is 5.13. The third-order valence-electron chi connectivity index (χ3n) is 2.90. The van der Waals surface area contributed by atoms with Crippen molar-refractivity contribution in [2.75, 3.05) is 0 Å². The molecule has 0 aromatic heterocycles. The molecule has 0 spiro atoms. The molecular weight excluding hydrogens is 180 g/mol. The zero-order valence-electron chi connectivity index (χ0n) is 9.58. The van der Waals surface area contributed by atoms with Crippen LogP contribution in [0.4, 0.5) is 0 Å². The van der Waals surface area contributed by atoms with Crippen LogP contribution in [0.3, 0.4) is 0 Å². The minimum atomic E-state index is -1.55. The van der Waals surface area contributed by atoms with Gasteiger partial charge in [0.05, 0.1) is 0 Å². The van der Waals surface area contributed by atoms with Gasteiger partial charge in [-0.3, -0.25) is 0 Å². The van der Waals surface area contributed by atoms with E-state index in [-0.39, 0.29) is 12.3 Å². The highest BCUT2D eigenvalue weighted by Gasteiger charge is 2.39. The average Bonchev–Trinajstić information content (AvgIpc) is 2.12. The lowest BCUT2D eigenvalue weighted by Gasteiger charge is -2.29. The molecule has 0 radical (unpaired) electrons. The highest BCUT2D eigenvalue weighted by Crippen LogP contribution is 2.27. The van der Waals surface area contributed by atoms with Crippen LogP contribution in [0.25, 0.3) is 0 Å². The van der Waals surface area contributed by atoms with E-state index < -0.39 is 11.6 Å². The average molecular weight is 202 g/mol. The largest absolute Gasteiger partial charge is 0.479 e. The molecule has 2 N–H and O–H groups in total. The van der Waals surface area contributed by atoms with Crippen molar-refractivity contribution < 1.29 is 15.0 Å². The van der Waals surface area contributed by atoms with Crippen molar-refractivity contribution in [1.29, 1.82) is 0 Å². The molecule has 0 saturated heterocycles. The number of rotatable bonds is 6. The highest BCUT2D eigenvalue weighted by molar-refractivity contribution is 5.77. The van der Waals surface area contributed by atoms with E-state index in [1.807, 2.05) is 0 Å². The van der Waals surface area contributed by atoms with Crippen molar-refractivity contribution in [3.63, 3.8) is 0 Å². The summed E-state index contributed by atoms with van der Waals surface area (Å²) in [5, 5.41) is 18.8. The first kappa shape index (κ1) is 13.4. The molecule has 0 aromatic rings. The topological polar surface area (TPSA) is 57.5 Å². The summed E-state index contributed by atoms with van der Waals surface area (Å²) >= 11 is 0. The van der Waals surface area contributed by atoms with Crippen LogP contribution in [0, 0.1) is 11.8 Å². The second-order valence-electron chi connectivity index (χ2n) is 4.46. The fourth-order valence-corrected chi connectivity index (χ4v) is 1.53. The van der Waals surface area contributed by atoms with E-state index >= 15 is 0 Å². The number of aliphatic hydroxyl groups is 1. The van der Waals surface area contributed by atoms with Crippen LogP contribution in [-0.4, -0.2) is 21.8 Å². The van der Waals surface area contributed by atoms with Gasteiger partial charge in [-0.1, -0.05) is 34.1 Å². The predicted molar refractivity (Wildman–Crippen MR) is 56.1 cm³/mol. The van der Waals surface area contributed by atoms with Crippen molar-refractivity contribution in [3.8, 4) is 0 Å². The van der Waals surface area contributed by atoms with E-state index in [4.69, 9.17) is 5.11 Å². The van der Waals surface area contributed by atoms with Gasteiger partial charge < -0.3 is 10.2 Å². The predicted octanol–water partition coefficient (Wildman–Crippen LogP) is 2.28. The van der Waals surface area contributed by atoms with E-state index in [1.165, 1.54) is 0 Å². The van der Waals surface area contributed by atoms with Crippen molar-refractivity contribution in [3.05, 3.63) is 0 Å². The van der Waals surface area contributed by atoms with Gasteiger partial charge in [0.15, 0.2) is 5.60 Å². The molecule has 0 heterocycles. The molecule has 0 rings (SSSR count). The van der Waals surface area contributed by atoms with Gasteiger partial charge in [-0.25, -0.2) is 4.79 Å². The molecule has 84 valence electrons. The Morgan fingerprint density at radius 2 is 1.79 bits per heavy atom. The maximum atomic E-state index is 10.9. The van der Waals surface area contributed by atoms with Gasteiger partial charge in [0.25, 0.3) is 0 Å². The third-order valence-corrected chi connectivity index (χ3v) is 2.90. The van der Waals surface area contributed by atoms with Gasteiger partial charge in [-0.15, -0.1) is 0 Å². The smallest absolute Gasteiger partial charge is 0.335 e. The first-order valence-corrected chi connectivity index (χ1v) is 5.30. The number of carbonyl (C=O) groups is 1. The number of hydrogen-bond donors (Lipinski definition) is 2. The molecular formula is C11H22O3. The van der Waals surface area contributed by atoms with E-state index in [0.717, 1.165) is 12.8 Å². The molecule has 0 aliphatic rings. The quantitative estimate of drug-likeness (QED) is 0.694. The Bertz CT molecular complexity index is 189. The number of aliphatic carboxylic acids is 1. The van der Waals surface area contributed by atoms with Crippen LogP contribution in [-0.2, 0) is 4.79 Å². The van der Waals surface area contributed by atoms with Gasteiger partial charge in [-0.2, -0.15) is 0 Å². The SMILES string of the molecule is CCC(O)(C(=O)O)C(C)CCC(C)C. The summed E-state index contributed by atoms with van der Waals surface area (Å²) in [5.41, 5.74) is -1.55. The Morgan fingerprint density at radius 3 is 2.07 bits per heavy atom. The Labute approximate surface area is 86.1 Å². The molecule has 0 aliphatic heterocycles. The van der Waals surface area contributed by atoms with E-state index in [1.54, 1.807) is 13.8 Å². The molecule has 0 aliphatic carbocycles. The molecule has 0 aromatic carbocycles. The van der Waals surface area contributed by atoms with Gasteiger partial charge in [-0.05, 0) is 24.7 Å². The van der Waals surface area contributed by atoms with Crippen LogP contribution in [0.1, 0.15) is 47.0 Å². The van der Waals surface area contributed by atoms with Crippen LogP contribution in [0.2, 0.25) is 0 Å². The summed E-state index contributed by atoms with van der Waals surface area (Å²) in [6.45, 7) is 7.71. The summed E-state index contributed by atoms with van der Waals surface area (Å²) in [6.07, 6.45) is 1.98. The molecule has 14 heavy (non-hydrogen) atoms. The van der Waals surface area contributed by atoms with Crippen LogP contribution >= 0.6 is 0 Å². The van der Waals surface area contributed by atoms with Gasteiger partial charge in [0, 0.05) is 0 Å². The molecule has 3 nitrogen and oxygen atoms in total. The molecule has 2 atom stereocenters. The van der Waals surface area contributed by atoms with Crippen molar-refractivity contribution in [2.24, 2.45) is 11.8 Å². The first-order valence-electron chi connectivity index (χ1n) is 5.30. The summed E-state index contributed by atoms with van der Waals surface area (Å²) < 4.78 is 0. The second-order valence-corrected chi connectivity index (χ2v) is 4.46. The lowest BCUT2D eigenvalue weighted by atomic mass is 9.82. The maximum Gasteiger partial charge on any atom is 0.335 e. The Hall–Kier alpha value is -0.570. The van der Waals surface area contributed by atoms with E-state index in [2.05, 4.69) is 13.8 Å². The molecule has 0 saturated carbocycles. The zero-order chi connectivity index (χ0) is 11.4. The van der Waals surface area contributed by atoms with E-state index in [9.17, 15) is 9.90 Å². The summed E-state index contributed by atoms with van der Waals surface area (Å²) in [7, 11) is 0. The van der Waals surface area contributed by atoms with Crippen LogP contribution in [0.5, 0.6) is 0 Å². The fraction of sp³-hybridized carbons (Fsp3) is 0.909. The summed E-state index contributed by atoms with van der Waals surface area (Å²) in [4.78, 5) is 10.9. The standard InChI is InChI=1S/C11H22O3/c1-5-11(14,10(12)13)9(4)7-6-8(2)3/h8-9,14H,5-7H2,1-4H3,(H,12,13). The molecule has 0 bridgehead atoms. The van der Waals surface area contributed by atoms with Gasteiger partial charge in [0.2, 0.25) is 0 Å². The monoisotopic (exact) mass is 202 g/mol. The highest BCUT2D eigenvalue weighted by atomic mass is 16.4. The van der Waals surface area contributed by atoms with Crippen molar-refractivity contribution in [2.45, 2.75) is 52.6 Å². The maximum absolute atomic E-state index is 10.9. The van der Waals surface area contributed by atoms with Crippen molar-refractivity contribution >= 4 is 5.97 Å². The first-order chi connectivity index (χ1) is 6.34. The minimum Gasteiger partial charge on any atom is -0.479 e. The van der Waals surface area contributed by atoms with Gasteiger partial charge in [0.1, 0.15) is 0 Å². The van der Waals surface area contributed by atoms with Crippen LogP contribution in [0.15, 0.2) is 0 Å². The number of carboxylic acids is 1. The molecule has 3 heteroatoms. The zero-order valence-corrected chi connectivity index (χ0v) is 9.58. The second kappa shape index (κ2) is 5.35. The Morgan fingerprint density at radius 1 is 1.29 bits per heavy atom. The Balaban J connectivity index is 4.31. The fourth-order valence-electron chi connectivity index (χ4n) is 1.53. The summed E-state index contributed by atoms with van der Waals surface area (Å²) in [6, 6.07) is 0. The number of hydrogen-bond acceptors (Lipinski definition) is 2. The van der Waals surface area contributed by atoms with Gasteiger partial charge >= 0.3 is 5.97 Å². The molecule has 0 fully saturated rings. The van der Waals surface area contributed by atoms with Crippen molar-refractivity contribution in [1.82, 2.24) is 0 Å². The lowest BCUT2D eigenvalue weighted by molar-refractivity contribution is -0.165. The molecule has 2 unspecified atom stereocenters.